The summed E-state index contributed by atoms with van der Waals surface area (Å²) in [5, 5.41) is 7.40. The number of nitrogens with zero attached hydrogens (tertiary/aromatic N) is 1. The van der Waals surface area contributed by atoms with E-state index in [2.05, 4.69) is 15.3 Å². The van der Waals surface area contributed by atoms with Gasteiger partial charge in [-0.05, 0) is 35.7 Å². The van der Waals surface area contributed by atoms with E-state index in [-0.39, 0.29) is 11.5 Å². The van der Waals surface area contributed by atoms with E-state index in [1.165, 1.54) is 18.3 Å². The van der Waals surface area contributed by atoms with Gasteiger partial charge >= 0.3 is 0 Å². The second kappa shape index (κ2) is 7.67. The molecule has 2 N–H and O–H groups in total. The molecule has 0 unspecified atom stereocenters. The second-order valence-corrected chi connectivity index (χ2v) is 8.67. The lowest BCUT2D eigenvalue weighted by molar-refractivity contribution is -0.114. The third-order valence-electron chi connectivity index (χ3n) is 3.83. The van der Waals surface area contributed by atoms with Gasteiger partial charge < -0.3 is 10.3 Å². The van der Waals surface area contributed by atoms with Crippen LogP contribution < -0.4 is 10.9 Å². The van der Waals surface area contributed by atoms with Crippen LogP contribution in [0.1, 0.15) is 12.7 Å². The number of nitrogens with one attached hydrogen (secondary N) is 2. The minimum absolute atomic E-state index is 0.0941. The van der Waals surface area contributed by atoms with E-state index in [0.717, 1.165) is 25.9 Å². The quantitative estimate of drug-likeness (QED) is 0.453. The number of hydrogen-bond acceptors (Lipinski definition) is 6. The zero-order chi connectivity index (χ0) is 18.8. The van der Waals surface area contributed by atoms with Crippen LogP contribution in [-0.2, 0) is 10.5 Å². The average molecular weight is 414 g/mol. The van der Waals surface area contributed by atoms with Gasteiger partial charge in [0, 0.05) is 33.3 Å². The van der Waals surface area contributed by atoms with Gasteiger partial charge in [0.2, 0.25) is 5.91 Å². The average Bonchev–Trinajstić information content (AvgIpc) is 3.30. The van der Waals surface area contributed by atoms with Gasteiger partial charge in [-0.15, -0.1) is 34.4 Å². The van der Waals surface area contributed by atoms with Crippen LogP contribution in [0.3, 0.4) is 0 Å². The summed E-state index contributed by atoms with van der Waals surface area (Å²) >= 11 is 4.70. The largest absolute Gasteiger partial charge is 0.326 e. The highest BCUT2D eigenvalue weighted by molar-refractivity contribution is 7.98. The van der Waals surface area contributed by atoms with Crippen LogP contribution in [0.4, 0.5) is 5.69 Å². The van der Waals surface area contributed by atoms with Crippen LogP contribution in [-0.4, -0.2) is 15.9 Å². The Kier molecular flexibility index (Phi) is 5.11. The van der Waals surface area contributed by atoms with Crippen molar-refractivity contribution in [2.45, 2.75) is 17.6 Å². The smallest absolute Gasteiger partial charge is 0.260 e. The molecule has 0 aliphatic rings. The van der Waals surface area contributed by atoms with Gasteiger partial charge in [-0.3, -0.25) is 9.59 Å². The Morgan fingerprint density at radius 1 is 1.22 bits per heavy atom. The minimum atomic E-state index is -0.0961. The number of aromatic amines is 1. The predicted molar refractivity (Wildman–Crippen MR) is 114 cm³/mol. The third-order valence-corrected chi connectivity index (χ3v) is 6.63. The van der Waals surface area contributed by atoms with Crippen molar-refractivity contribution in [2.24, 2.45) is 0 Å². The first kappa shape index (κ1) is 18.0. The maximum absolute atomic E-state index is 12.6. The molecule has 0 saturated carbocycles. The Balaban J connectivity index is 1.53. The first-order valence-corrected chi connectivity index (χ1v) is 10.9. The summed E-state index contributed by atoms with van der Waals surface area (Å²) in [6.07, 6.45) is 0. The van der Waals surface area contributed by atoms with Crippen molar-refractivity contribution in [2.75, 3.05) is 5.32 Å². The van der Waals surface area contributed by atoms with E-state index in [9.17, 15) is 9.59 Å². The number of fused-ring (bicyclic) bond motifs is 1. The van der Waals surface area contributed by atoms with E-state index >= 15 is 0 Å². The Morgan fingerprint density at radius 2 is 2.04 bits per heavy atom. The monoisotopic (exact) mass is 413 g/mol. The van der Waals surface area contributed by atoms with E-state index in [1.54, 1.807) is 23.1 Å². The van der Waals surface area contributed by atoms with E-state index in [4.69, 9.17) is 0 Å². The van der Waals surface area contributed by atoms with Gasteiger partial charge in [0.15, 0.2) is 0 Å². The van der Waals surface area contributed by atoms with Crippen LogP contribution in [0.25, 0.3) is 20.7 Å². The molecule has 8 heteroatoms. The van der Waals surface area contributed by atoms with Crippen LogP contribution in [0.2, 0.25) is 0 Å². The number of carbonyl (C=O) groups excluding carboxylic acids is 1. The summed E-state index contributed by atoms with van der Waals surface area (Å²) in [7, 11) is 0. The zero-order valence-electron chi connectivity index (χ0n) is 14.3. The first-order chi connectivity index (χ1) is 13.1. The molecule has 0 bridgehead atoms. The number of anilines is 1. The van der Waals surface area contributed by atoms with Gasteiger partial charge in [-0.1, -0.05) is 6.07 Å². The summed E-state index contributed by atoms with van der Waals surface area (Å²) in [5.41, 5.74) is 1.62. The molecule has 4 rings (SSSR count). The van der Waals surface area contributed by atoms with Crippen molar-refractivity contribution in [3.05, 3.63) is 63.3 Å². The molecular formula is C19H15N3O2S3. The van der Waals surface area contributed by atoms with Crippen molar-refractivity contribution in [3.63, 3.8) is 0 Å². The van der Waals surface area contributed by atoms with E-state index < -0.39 is 0 Å². The van der Waals surface area contributed by atoms with Crippen LogP contribution in [0, 0.1) is 0 Å². The molecule has 0 radical (unpaired) electrons. The van der Waals surface area contributed by atoms with Gasteiger partial charge in [0.1, 0.15) is 10.7 Å². The second-order valence-electron chi connectivity index (χ2n) is 5.81. The zero-order valence-corrected chi connectivity index (χ0v) is 16.8. The molecule has 0 fully saturated rings. The molecule has 3 aromatic heterocycles. The maximum atomic E-state index is 12.6. The lowest BCUT2D eigenvalue weighted by atomic mass is 10.2. The Morgan fingerprint density at radius 3 is 2.74 bits per heavy atom. The molecule has 0 aliphatic carbocycles. The minimum Gasteiger partial charge on any atom is -0.326 e. The van der Waals surface area contributed by atoms with Gasteiger partial charge in [-0.2, -0.15) is 0 Å². The van der Waals surface area contributed by atoms with Crippen molar-refractivity contribution in [1.29, 1.82) is 0 Å². The number of H-pyrrole nitrogens is 1. The normalized spacial score (nSPS) is 11.0. The van der Waals surface area contributed by atoms with Gasteiger partial charge in [0.05, 0.1) is 11.1 Å². The highest BCUT2D eigenvalue weighted by Crippen LogP contribution is 2.33. The fourth-order valence-corrected chi connectivity index (χ4v) is 5.21. The van der Waals surface area contributed by atoms with Crippen LogP contribution in [0.15, 0.2) is 56.8 Å². The molecule has 0 atom stereocenters. The number of thiophene rings is 2. The fourth-order valence-electron chi connectivity index (χ4n) is 2.66. The lowest BCUT2D eigenvalue weighted by Crippen LogP contribution is -2.10. The summed E-state index contributed by atoms with van der Waals surface area (Å²) < 4.78 is 0. The standard InChI is InChI=1S/C19H15N3O2S3/c1-11(23)20-12-4-6-13(7-5-12)26-10-16-21-18(24)17-14(9-27-19(17)22-16)15-3-2-8-25-15/h2-9H,10H2,1H3,(H,20,23)(H,21,22,24). The van der Waals surface area contributed by atoms with Crippen molar-refractivity contribution >= 4 is 56.2 Å². The Bertz CT molecular complexity index is 1150. The molecule has 0 saturated heterocycles. The first-order valence-electron chi connectivity index (χ1n) is 8.15. The van der Waals surface area contributed by atoms with Crippen molar-refractivity contribution in [1.82, 2.24) is 9.97 Å². The molecule has 1 amide bonds. The molecule has 0 aliphatic heterocycles. The highest BCUT2D eigenvalue weighted by atomic mass is 32.2. The SMILES string of the molecule is CC(=O)Nc1ccc(SCc2nc3scc(-c4cccs4)c3c(=O)[nH]2)cc1. The molecule has 3 heterocycles. The summed E-state index contributed by atoms with van der Waals surface area (Å²) in [6, 6.07) is 11.6. The van der Waals surface area contributed by atoms with Gasteiger partial charge in [0.25, 0.3) is 5.56 Å². The Labute approximate surface area is 167 Å². The molecular weight excluding hydrogens is 398 g/mol. The molecule has 5 nitrogen and oxygen atoms in total. The molecule has 27 heavy (non-hydrogen) atoms. The number of aromatic nitrogens is 2. The fraction of sp³-hybridized carbons (Fsp3) is 0.105. The summed E-state index contributed by atoms with van der Waals surface area (Å²) in [5.74, 6) is 1.13. The van der Waals surface area contributed by atoms with Gasteiger partial charge in [-0.25, -0.2) is 4.98 Å². The number of amides is 1. The molecule has 136 valence electrons. The van der Waals surface area contributed by atoms with Crippen molar-refractivity contribution in [3.8, 4) is 10.4 Å². The summed E-state index contributed by atoms with van der Waals surface area (Å²) in [6.45, 7) is 1.48. The number of thioether (sulfide) groups is 1. The van der Waals surface area contributed by atoms with Crippen LogP contribution >= 0.6 is 34.4 Å². The van der Waals surface area contributed by atoms with E-state index in [0.29, 0.717) is 17.0 Å². The topological polar surface area (TPSA) is 74.8 Å². The van der Waals surface area contributed by atoms with E-state index in [1.807, 2.05) is 47.2 Å². The number of carbonyl (C=O) groups is 1. The lowest BCUT2D eigenvalue weighted by Gasteiger charge is -2.05. The Hall–Kier alpha value is -2.42. The predicted octanol–water partition coefficient (Wildman–Crippen LogP) is 4.96. The number of hydrogen-bond donors (Lipinski definition) is 2. The number of benzene rings is 1. The van der Waals surface area contributed by atoms with Crippen molar-refractivity contribution < 1.29 is 4.79 Å². The molecule has 1 aromatic carbocycles. The maximum Gasteiger partial charge on any atom is 0.260 e. The molecule has 0 spiro atoms. The van der Waals surface area contributed by atoms with Crippen LogP contribution in [0.5, 0.6) is 0 Å². The third kappa shape index (κ3) is 3.97. The number of rotatable bonds is 5. The highest BCUT2D eigenvalue weighted by Gasteiger charge is 2.13. The summed E-state index contributed by atoms with van der Waals surface area (Å²) in [4.78, 5) is 34.1. The molecule has 4 aromatic rings.